The molecule has 0 saturated heterocycles. The van der Waals surface area contributed by atoms with Crippen molar-refractivity contribution in [2.45, 2.75) is 33.3 Å². The Kier molecular flexibility index (Phi) is 6.03. The van der Waals surface area contributed by atoms with Crippen molar-refractivity contribution in [1.82, 2.24) is 4.90 Å². The van der Waals surface area contributed by atoms with E-state index in [2.05, 4.69) is 0 Å². The number of carbonyl (C=O) groups is 2. The lowest BCUT2D eigenvalue weighted by molar-refractivity contribution is -0.147. The van der Waals surface area contributed by atoms with E-state index in [1.807, 2.05) is 32.0 Å². The van der Waals surface area contributed by atoms with Crippen LogP contribution in [0.2, 0.25) is 0 Å². The van der Waals surface area contributed by atoms with Crippen molar-refractivity contribution in [3.05, 3.63) is 29.8 Å². The quantitative estimate of drug-likeness (QED) is 0.830. The molecule has 0 fully saturated rings. The van der Waals surface area contributed by atoms with E-state index < -0.39 is 12.1 Å². The lowest BCUT2D eigenvalue weighted by Crippen LogP contribution is -2.44. The topological polar surface area (TPSA) is 66.8 Å². The minimum absolute atomic E-state index is 0.293. The van der Waals surface area contributed by atoms with Crippen LogP contribution in [0.1, 0.15) is 25.8 Å². The Bertz CT molecular complexity index is 473. The lowest BCUT2D eigenvalue weighted by atomic mass is 10.2. The van der Waals surface area contributed by atoms with Crippen LogP contribution in [-0.4, -0.2) is 41.1 Å². The van der Waals surface area contributed by atoms with Crippen LogP contribution >= 0.6 is 0 Å². The Labute approximate surface area is 119 Å². The number of likely N-dealkylation sites (N-methyl/N-ethyl adjacent to an activating group) is 1. The van der Waals surface area contributed by atoms with Crippen LogP contribution in [0.5, 0.6) is 5.75 Å². The van der Waals surface area contributed by atoms with Crippen molar-refractivity contribution in [3.63, 3.8) is 0 Å². The molecule has 0 aliphatic carbocycles. The fourth-order valence-electron chi connectivity index (χ4n) is 1.87. The second-order valence-electron chi connectivity index (χ2n) is 4.58. The average Bonchev–Trinajstić information content (AvgIpc) is 2.41. The highest BCUT2D eigenvalue weighted by Gasteiger charge is 2.25. The molecular formula is C15H21NO4. The molecule has 0 heterocycles. The number of carboxylic acid groups (broad SMARTS) is 1. The summed E-state index contributed by atoms with van der Waals surface area (Å²) in [6.45, 7) is 5.58. The van der Waals surface area contributed by atoms with Crippen LogP contribution in [0, 0.1) is 6.92 Å². The van der Waals surface area contributed by atoms with Crippen molar-refractivity contribution in [3.8, 4) is 5.75 Å². The molecule has 1 N–H and O–H groups in total. The third-order valence-electron chi connectivity index (χ3n) is 2.93. The van der Waals surface area contributed by atoms with Crippen molar-refractivity contribution in [2.75, 3.05) is 13.1 Å². The normalized spacial score (nSPS) is 11.8. The maximum absolute atomic E-state index is 12.3. The first-order chi connectivity index (χ1) is 9.47. The zero-order valence-electron chi connectivity index (χ0n) is 12.1. The predicted molar refractivity (Wildman–Crippen MR) is 75.8 cm³/mol. The van der Waals surface area contributed by atoms with Gasteiger partial charge in [-0.1, -0.05) is 19.1 Å². The first-order valence-electron chi connectivity index (χ1n) is 6.71. The number of aryl methyl sites for hydroxylation is 1. The van der Waals surface area contributed by atoms with E-state index in [0.717, 1.165) is 5.56 Å². The summed E-state index contributed by atoms with van der Waals surface area (Å²) in [7, 11) is 0. The van der Waals surface area contributed by atoms with Gasteiger partial charge in [-0.3, -0.25) is 9.59 Å². The molecule has 0 saturated carbocycles. The number of benzene rings is 1. The number of carbonyl (C=O) groups excluding carboxylic acids is 1. The molecule has 0 aliphatic rings. The van der Waals surface area contributed by atoms with Crippen molar-refractivity contribution in [1.29, 1.82) is 0 Å². The van der Waals surface area contributed by atoms with E-state index >= 15 is 0 Å². The number of hydrogen-bond donors (Lipinski definition) is 1. The Morgan fingerprint density at radius 2 is 2.05 bits per heavy atom. The molecule has 1 atom stereocenters. The molecule has 20 heavy (non-hydrogen) atoms. The maximum atomic E-state index is 12.3. The molecule has 110 valence electrons. The van der Waals surface area contributed by atoms with Gasteiger partial charge in [0.25, 0.3) is 5.91 Å². The van der Waals surface area contributed by atoms with Crippen LogP contribution in [-0.2, 0) is 9.59 Å². The number of aliphatic carboxylic acids is 1. The summed E-state index contributed by atoms with van der Waals surface area (Å²) >= 11 is 0. The summed E-state index contributed by atoms with van der Waals surface area (Å²) in [5.41, 5.74) is 1.04. The second kappa shape index (κ2) is 7.53. The van der Waals surface area contributed by atoms with Gasteiger partial charge in [0.2, 0.25) is 0 Å². The molecule has 1 aromatic carbocycles. The molecule has 0 aromatic heterocycles. The molecule has 1 rings (SSSR count). The van der Waals surface area contributed by atoms with Crippen LogP contribution in [0.4, 0.5) is 0 Å². The minimum Gasteiger partial charge on any atom is -0.481 e. The summed E-state index contributed by atoms with van der Waals surface area (Å²) in [6.07, 6.45) is -0.167. The largest absolute Gasteiger partial charge is 0.481 e. The fraction of sp³-hybridized carbons (Fsp3) is 0.467. The van der Waals surface area contributed by atoms with Gasteiger partial charge in [-0.25, -0.2) is 0 Å². The summed E-state index contributed by atoms with van der Waals surface area (Å²) in [5, 5.41) is 8.81. The molecule has 0 radical (unpaired) electrons. The second-order valence-corrected chi connectivity index (χ2v) is 4.58. The number of nitrogens with zero attached hydrogens (tertiary/aromatic N) is 1. The van der Waals surface area contributed by atoms with Crippen LogP contribution in [0.25, 0.3) is 0 Å². The van der Waals surface area contributed by atoms with Crippen LogP contribution in [0.3, 0.4) is 0 Å². The zero-order chi connectivity index (χ0) is 15.1. The molecule has 0 spiro atoms. The number of ether oxygens (including phenoxy) is 1. The molecule has 0 aliphatic heterocycles. The number of amides is 1. The maximum Gasteiger partial charge on any atom is 0.323 e. The third kappa shape index (κ3) is 4.57. The van der Waals surface area contributed by atoms with Gasteiger partial charge < -0.3 is 14.7 Å². The zero-order valence-corrected chi connectivity index (χ0v) is 12.1. The van der Waals surface area contributed by atoms with Crippen molar-refractivity contribution in [2.24, 2.45) is 0 Å². The highest BCUT2D eigenvalue weighted by molar-refractivity contribution is 5.84. The Hall–Kier alpha value is -2.04. The summed E-state index contributed by atoms with van der Waals surface area (Å²) in [4.78, 5) is 24.3. The highest BCUT2D eigenvalue weighted by Crippen LogP contribution is 2.16. The van der Waals surface area contributed by atoms with Gasteiger partial charge in [-0.15, -0.1) is 0 Å². The average molecular weight is 279 g/mol. The van der Waals surface area contributed by atoms with E-state index in [9.17, 15) is 9.59 Å². The Morgan fingerprint density at radius 3 is 2.55 bits per heavy atom. The van der Waals surface area contributed by atoms with Gasteiger partial charge >= 0.3 is 5.97 Å². The van der Waals surface area contributed by atoms with Crippen LogP contribution < -0.4 is 4.74 Å². The van der Waals surface area contributed by atoms with E-state index in [1.54, 1.807) is 13.0 Å². The van der Waals surface area contributed by atoms with Gasteiger partial charge in [0.15, 0.2) is 6.10 Å². The molecule has 1 unspecified atom stereocenters. The van der Waals surface area contributed by atoms with Gasteiger partial charge in [0.1, 0.15) is 12.3 Å². The monoisotopic (exact) mass is 279 g/mol. The summed E-state index contributed by atoms with van der Waals surface area (Å²) in [6, 6.07) is 7.44. The van der Waals surface area contributed by atoms with E-state index in [1.165, 1.54) is 4.90 Å². The predicted octanol–water partition coefficient (Wildman–Crippen LogP) is 2.09. The fourth-order valence-corrected chi connectivity index (χ4v) is 1.87. The molecule has 1 aromatic rings. The van der Waals surface area contributed by atoms with Crippen molar-refractivity contribution >= 4 is 11.9 Å². The van der Waals surface area contributed by atoms with Gasteiger partial charge in [-0.2, -0.15) is 0 Å². The van der Waals surface area contributed by atoms with Gasteiger partial charge in [0.05, 0.1) is 0 Å². The molecule has 5 nitrogen and oxygen atoms in total. The smallest absolute Gasteiger partial charge is 0.323 e. The Morgan fingerprint density at radius 1 is 1.35 bits per heavy atom. The van der Waals surface area contributed by atoms with E-state index in [4.69, 9.17) is 9.84 Å². The number of carboxylic acids is 1. The first kappa shape index (κ1) is 16.0. The van der Waals surface area contributed by atoms with Gasteiger partial charge in [-0.05, 0) is 38.0 Å². The number of rotatable bonds is 7. The summed E-state index contributed by atoms with van der Waals surface area (Å²) in [5.74, 6) is -0.693. The molecule has 0 bridgehead atoms. The van der Waals surface area contributed by atoms with Gasteiger partial charge in [0, 0.05) is 6.54 Å². The lowest BCUT2D eigenvalue weighted by Gasteiger charge is -2.24. The molecule has 5 heteroatoms. The first-order valence-corrected chi connectivity index (χ1v) is 6.71. The minimum atomic E-state index is -1.02. The molecular weight excluding hydrogens is 258 g/mol. The number of hydrogen-bond acceptors (Lipinski definition) is 3. The third-order valence-corrected chi connectivity index (χ3v) is 2.93. The standard InChI is InChI=1S/C15H21NO4/c1-4-13(15(19)16(5-2)10-14(17)18)20-12-8-6-7-11(3)9-12/h6-9,13H,4-5,10H2,1-3H3,(H,17,18). The Balaban J connectivity index is 2.78. The molecule has 1 amide bonds. The summed E-state index contributed by atoms with van der Waals surface area (Å²) < 4.78 is 5.69. The van der Waals surface area contributed by atoms with E-state index in [-0.39, 0.29) is 12.5 Å². The van der Waals surface area contributed by atoms with Crippen LogP contribution in [0.15, 0.2) is 24.3 Å². The highest BCUT2D eigenvalue weighted by atomic mass is 16.5. The van der Waals surface area contributed by atoms with E-state index in [0.29, 0.717) is 18.7 Å². The SMILES string of the molecule is CCC(Oc1cccc(C)c1)C(=O)N(CC)CC(=O)O. The van der Waals surface area contributed by atoms with Crippen molar-refractivity contribution < 1.29 is 19.4 Å².